The first-order valence-electron chi connectivity index (χ1n) is 7.31. The van der Waals surface area contributed by atoms with Crippen LogP contribution in [0, 0.1) is 28.6 Å². The second-order valence-electron chi connectivity index (χ2n) is 5.60. The van der Waals surface area contributed by atoms with Gasteiger partial charge in [0, 0.05) is 0 Å². The molecule has 1 aromatic rings. The SMILES string of the molecule is CC(C)[C@](C)(C#N)NC(=O)COC(=O)COc1ccc(C#N)cc1. The van der Waals surface area contributed by atoms with E-state index in [0.29, 0.717) is 11.3 Å². The van der Waals surface area contributed by atoms with E-state index in [0.717, 1.165) is 0 Å². The van der Waals surface area contributed by atoms with Gasteiger partial charge in [0.15, 0.2) is 13.2 Å². The highest BCUT2D eigenvalue weighted by atomic mass is 16.6. The van der Waals surface area contributed by atoms with Crippen molar-refractivity contribution in [3.63, 3.8) is 0 Å². The molecule has 1 atom stereocenters. The third kappa shape index (κ3) is 5.62. The molecule has 7 nitrogen and oxygen atoms in total. The molecule has 0 aliphatic heterocycles. The number of rotatable bonds is 7. The molecule has 1 aromatic carbocycles. The van der Waals surface area contributed by atoms with Crippen LogP contribution >= 0.6 is 0 Å². The summed E-state index contributed by atoms with van der Waals surface area (Å²) in [6.07, 6.45) is 0. The molecule has 1 amide bonds. The van der Waals surface area contributed by atoms with Gasteiger partial charge >= 0.3 is 5.97 Å². The number of hydrogen-bond donors (Lipinski definition) is 1. The Balaban J connectivity index is 2.39. The van der Waals surface area contributed by atoms with Gasteiger partial charge in [-0.05, 0) is 37.1 Å². The molecule has 0 fully saturated rings. The number of hydrogen-bond acceptors (Lipinski definition) is 6. The summed E-state index contributed by atoms with van der Waals surface area (Å²) in [6, 6.07) is 10.2. The lowest BCUT2D eigenvalue weighted by Crippen LogP contribution is -2.50. The molecule has 0 saturated carbocycles. The maximum absolute atomic E-state index is 11.8. The first kappa shape index (κ1) is 19.0. The average molecular weight is 329 g/mol. The van der Waals surface area contributed by atoms with Crippen molar-refractivity contribution in [1.29, 1.82) is 10.5 Å². The molecular formula is C17H19N3O4. The minimum absolute atomic E-state index is 0.0955. The molecule has 0 heterocycles. The molecule has 0 bridgehead atoms. The third-order valence-corrected chi connectivity index (χ3v) is 3.49. The third-order valence-electron chi connectivity index (χ3n) is 3.49. The van der Waals surface area contributed by atoms with E-state index in [-0.39, 0.29) is 12.5 Å². The smallest absolute Gasteiger partial charge is 0.344 e. The lowest BCUT2D eigenvalue weighted by Gasteiger charge is -2.27. The molecule has 0 unspecified atom stereocenters. The Morgan fingerprint density at radius 2 is 1.83 bits per heavy atom. The maximum atomic E-state index is 11.8. The normalized spacial score (nSPS) is 12.4. The quantitative estimate of drug-likeness (QED) is 0.759. The highest BCUT2D eigenvalue weighted by Crippen LogP contribution is 2.15. The monoisotopic (exact) mass is 329 g/mol. The molecule has 0 spiro atoms. The van der Waals surface area contributed by atoms with Crippen LogP contribution in [0.5, 0.6) is 5.75 Å². The van der Waals surface area contributed by atoms with Crippen LogP contribution in [0.2, 0.25) is 0 Å². The predicted molar refractivity (Wildman–Crippen MR) is 84.6 cm³/mol. The molecule has 0 aliphatic carbocycles. The molecule has 126 valence electrons. The summed E-state index contributed by atoms with van der Waals surface area (Å²) in [7, 11) is 0. The number of esters is 1. The van der Waals surface area contributed by atoms with Crippen molar-refractivity contribution < 1.29 is 19.1 Å². The zero-order valence-corrected chi connectivity index (χ0v) is 13.8. The number of nitrogens with one attached hydrogen (secondary N) is 1. The molecule has 0 aliphatic rings. The van der Waals surface area contributed by atoms with Gasteiger partial charge in [-0.15, -0.1) is 0 Å². The summed E-state index contributed by atoms with van der Waals surface area (Å²) < 4.78 is 9.99. The summed E-state index contributed by atoms with van der Waals surface area (Å²) in [4.78, 5) is 23.3. The molecule has 1 rings (SSSR count). The van der Waals surface area contributed by atoms with Gasteiger partial charge in [0.2, 0.25) is 0 Å². The van der Waals surface area contributed by atoms with E-state index in [1.807, 2.05) is 12.1 Å². The topological polar surface area (TPSA) is 112 Å². The zero-order chi connectivity index (χ0) is 18.2. The lowest BCUT2D eigenvalue weighted by molar-refractivity contribution is -0.150. The van der Waals surface area contributed by atoms with Crippen LogP contribution in [0.4, 0.5) is 0 Å². The van der Waals surface area contributed by atoms with Crippen molar-refractivity contribution in [3.05, 3.63) is 29.8 Å². The van der Waals surface area contributed by atoms with Crippen molar-refractivity contribution in [2.45, 2.75) is 26.3 Å². The van der Waals surface area contributed by atoms with Gasteiger partial charge in [-0.1, -0.05) is 13.8 Å². The number of amides is 1. The van der Waals surface area contributed by atoms with Crippen molar-refractivity contribution in [3.8, 4) is 17.9 Å². The van der Waals surface area contributed by atoms with Gasteiger partial charge in [-0.25, -0.2) is 4.79 Å². The number of benzene rings is 1. The number of carbonyl (C=O) groups excluding carboxylic acids is 2. The van der Waals surface area contributed by atoms with E-state index in [4.69, 9.17) is 20.0 Å². The Morgan fingerprint density at radius 1 is 1.21 bits per heavy atom. The van der Waals surface area contributed by atoms with Crippen LogP contribution in [-0.2, 0) is 14.3 Å². The molecule has 0 radical (unpaired) electrons. The zero-order valence-electron chi connectivity index (χ0n) is 13.8. The number of nitriles is 2. The van der Waals surface area contributed by atoms with E-state index in [1.165, 1.54) is 0 Å². The minimum atomic E-state index is -1.03. The van der Waals surface area contributed by atoms with Gasteiger partial charge in [-0.3, -0.25) is 4.79 Å². The Bertz CT molecular complexity index is 671. The fraction of sp³-hybridized carbons (Fsp3) is 0.412. The fourth-order valence-electron chi connectivity index (χ4n) is 1.58. The summed E-state index contributed by atoms with van der Waals surface area (Å²) in [6.45, 7) is 4.37. The molecule has 0 saturated heterocycles. The first-order valence-corrected chi connectivity index (χ1v) is 7.31. The van der Waals surface area contributed by atoms with E-state index < -0.39 is 24.0 Å². The van der Waals surface area contributed by atoms with Crippen molar-refractivity contribution >= 4 is 11.9 Å². The second kappa shape index (κ2) is 8.54. The second-order valence-corrected chi connectivity index (χ2v) is 5.60. The van der Waals surface area contributed by atoms with E-state index in [9.17, 15) is 9.59 Å². The maximum Gasteiger partial charge on any atom is 0.344 e. The standard InChI is InChI=1S/C17H19N3O4/c1-12(2)17(3,11-19)20-15(21)9-24-16(22)10-23-14-6-4-13(8-18)5-7-14/h4-7,12H,9-10H2,1-3H3,(H,20,21)/t17-/m0/s1. The van der Waals surface area contributed by atoms with E-state index in [2.05, 4.69) is 5.32 Å². The summed E-state index contributed by atoms with van der Waals surface area (Å²) in [5.41, 5.74) is -0.546. The largest absolute Gasteiger partial charge is 0.482 e. The lowest BCUT2D eigenvalue weighted by atomic mass is 9.90. The Hall–Kier alpha value is -3.06. The number of ether oxygens (including phenoxy) is 2. The van der Waals surface area contributed by atoms with Crippen LogP contribution in [0.1, 0.15) is 26.3 Å². The highest BCUT2D eigenvalue weighted by molar-refractivity contribution is 5.81. The Morgan fingerprint density at radius 3 is 2.33 bits per heavy atom. The van der Waals surface area contributed by atoms with Gasteiger partial charge in [0.05, 0.1) is 17.7 Å². The number of carbonyl (C=O) groups is 2. The average Bonchev–Trinajstić information content (AvgIpc) is 2.58. The van der Waals surface area contributed by atoms with E-state index >= 15 is 0 Å². The van der Waals surface area contributed by atoms with Crippen LogP contribution < -0.4 is 10.1 Å². The van der Waals surface area contributed by atoms with Crippen molar-refractivity contribution in [1.82, 2.24) is 5.32 Å². The van der Waals surface area contributed by atoms with Gasteiger partial charge in [-0.2, -0.15) is 10.5 Å². The van der Waals surface area contributed by atoms with Gasteiger partial charge in [0.25, 0.3) is 5.91 Å². The van der Waals surface area contributed by atoms with Gasteiger partial charge in [0.1, 0.15) is 11.3 Å². The summed E-state index contributed by atoms with van der Waals surface area (Å²) in [5, 5.41) is 20.3. The Kier molecular flexibility index (Phi) is 6.76. The summed E-state index contributed by atoms with van der Waals surface area (Å²) >= 11 is 0. The highest BCUT2D eigenvalue weighted by Gasteiger charge is 2.30. The molecule has 24 heavy (non-hydrogen) atoms. The molecule has 1 N–H and O–H groups in total. The molecular weight excluding hydrogens is 310 g/mol. The molecule has 0 aromatic heterocycles. The van der Waals surface area contributed by atoms with Crippen LogP contribution in [0.25, 0.3) is 0 Å². The van der Waals surface area contributed by atoms with Gasteiger partial charge < -0.3 is 14.8 Å². The number of nitrogens with zero attached hydrogens (tertiary/aromatic N) is 2. The van der Waals surface area contributed by atoms with Crippen molar-refractivity contribution in [2.24, 2.45) is 5.92 Å². The van der Waals surface area contributed by atoms with Crippen LogP contribution in [0.15, 0.2) is 24.3 Å². The molecule has 7 heteroatoms. The predicted octanol–water partition coefficient (Wildman–Crippen LogP) is 1.53. The fourth-order valence-corrected chi connectivity index (χ4v) is 1.58. The first-order chi connectivity index (χ1) is 11.3. The van der Waals surface area contributed by atoms with Crippen molar-refractivity contribution in [2.75, 3.05) is 13.2 Å². The Labute approximate surface area is 140 Å². The minimum Gasteiger partial charge on any atom is -0.482 e. The van der Waals surface area contributed by atoms with E-state index in [1.54, 1.807) is 45.0 Å². The van der Waals surface area contributed by atoms with Crippen LogP contribution in [0.3, 0.4) is 0 Å². The summed E-state index contributed by atoms with van der Waals surface area (Å²) in [5.74, 6) is -0.952. The van der Waals surface area contributed by atoms with Crippen LogP contribution in [-0.4, -0.2) is 30.6 Å².